The van der Waals surface area contributed by atoms with Crippen molar-refractivity contribution in [3.05, 3.63) is 59.5 Å². The van der Waals surface area contributed by atoms with E-state index in [9.17, 15) is 4.79 Å². The summed E-state index contributed by atoms with van der Waals surface area (Å²) in [6.07, 6.45) is 3.93. The molecule has 1 N–H and O–H groups in total. The molecule has 0 fully saturated rings. The van der Waals surface area contributed by atoms with Gasteiger partial charge in [0.25, 0.3) is 0 Å². The second-order valence-corrected chi connectivity index (χ2v) is 6.06. The van der Waals surface area contributed by atoms with Crippen LogP contribution < -0.4 is 0 Å². The lowest BCUT2D eigenvalue weighted by molar-refractivity contribution is -0.136. The normalized spacial score (nSPS) is 10.8. The molecule has 0 saturated carbocycles. The van der Waals surface area contributed by atoms with Crippen molar-refractivity contribution in [1.82, 2.24) is 14.8 Å². The average molecular weight is 356 g/mol. The number of halogens is 1. The molecule has 5 nitrogen and oxygen atoms in total. The molecule has 2 heterocycles. The smallest absolute Gasteiger partial charge is 0.303 e. The number of nitrogens with zero attached hydrogens (tertiary/aromatic N) is 3. The Morgan fingerprint density at radius 1 is 1.12 bits per heavy atom. The van der Waals surface area contributed by atoms with Crippen LogP contribution in [0.3, 0.4) is 0 Å². The van der Waals surface area contributed by atoms with Crippen LogP contribution in [0.15, 0.2) is 48.8 Å². The molecule has 0 aliphatic rings. The number of pyridine rings is 1. The summed E-state index contributed by atoms with van der Waals surface area (Å²) in [5.41, 5.74) is 4.61. The Labute approximate surface area is 150 Å². The quantitative estimate of drug-likeness (QED) is 0.715. The van der Waals surface area contributed by atoms with Crippen molar-refractivity contribution in [2.75, 3.05) is 0 Å². The summed E-state index contributed by atoms with van der Waals surface area (Å²) in [7, 11) is 0. The van der Waals surface area contributed by atoms with Crippen LogP contribution >= 0.6 is 11.6 Å². The molecule has 2 aromatic heterocycles. The maximum atomic E-state index is 11.1. The molecule has 128 valence electrons. The molecule has 0 spiro atoms. The first-order valence-electron chi connectivity index (χ1n) is 8.08. The largest absolute Gasteiger partial charge is 0.481 e. The van der Waals surface area contributed by atoms with Gasteiger partial charge < -0.3 is 5.11 Å². The van der Waals surface area contributed by atoms with Gasteiger partial charge in [0.15, 0.2) is 0 Å². The van der Waals surface area contributed by atoms with E-state index in [1.54, 1.807) is 12.4 Å². The number of hydrogen-bond donors (Lipinski definition) is 1. The van der Waals surface area contributed by atoms with Gasteiger partial charge in [-0.2, -0.15) is 5.10 Å². The van der Waals surface area contributed by atoms with Gasteiger partial charge in [0.2, 0.25) is 0 Å². The van der Waals surface area contributed by atoms with E-state index in [1.165, 1.54) is 0 Å². The zero-order valence-electron chi connectivity index (χ0n) is 13.8. The highest BCUT2D eigenvalue weighted by Crippen LogP contribution is 2.35. The molecule has 0 radical (unpaired) electrons. The molecule has 0 aliphatic heterocycles. The number of carbonyl (C=O) groups is 1. The third kappa shape index (κ3) is 3.72. The molecule has 0 unspecified atom stereocenters. The standard InChI is InChI=1S/C19H18ClN3O2/c1-2-23-16(7-8-17(24)25)18(13-9-11-21-12-10-13)19(22-23)14-3-5-15(20)6-4-14/h3-6,9-12H,2,7-8H2,1H3,(H,24,25). The first kappa shape index (κ1) is 17.2. The molecule has 3 rings (SSSR count). The summed E-state index contributed by atoms with van der Waals surface area (Å²) in [6, 6.07) is 11.3. The fourth-order valence-corrected chi connectivity index (χ4v) is 3.00. The Morgan fingerprint density at radius 2 is 1.80 bits per heavy atom. The minimum atomic E-state index is -0.822. The molecular weight excluding hydrogens is 338 g/mol. The van der Waals surface area contributed by atoms with Crippen LogP contribution in [0.25, 0.3) is 22.4 Å². The molecule has 0 atom stereocenters. The minimum absolute atomic E-state index is 0.0594. The van der Waals surface area contributed by atoms with E-state index >= 15 is 0 Å². The van der Waals surface area contributed by atoms with Gasteiger partial charge in [-0.1, -0.05) is 23.7 Å². The van der Waals surface area contributed by atoms with Gasteiger partial charge in [0.1, 0.15) is 5.69 Å². The van der Waals surface area contributed by atoms with Crippen molar-refractivity contribution >= 4 is 17.6 Å². The maximum absolute atomic E-state index is 11.1. The number of carboxylic acid groups (broad SMARTS) is 1. The van der Waals surface area contributed by atoms with E-state index in [0.29, 0.717) is 18.0 Å². The van der Waals surface area contributed by atoms with Crippen molar-refractivity contribution in [3.8, 4) is 22.4 Å². The monoisotopic (exact) mass is 355 g/mol. The lowest BCUT2D eigenvalue weighted by Gasteiger charge is -2.08. The summed E-state index contributed by atoms with van der Waals surface area (Å²) in [5.74, 6) is -0.822. The summed E-state index contributed by atoms with van der Waals surface area (Å²) >= 11 is 6.01. The Kier molecular flexibility index (Phi) is 5.14. The Hall–Kier alpha value is -2.66. The topological polar surface area (TPSA) is 68.0 Å². The Balaban J connectivity index is 2.20. The molecule has 0 amide bonds. The lowest BCUT2D eigenvalue weighted by Crippen LogP contribution is -2.06. The van der Waals surface area contributed by atoms with Gasteiger partial charge >= 0.3 is 5.97 Å². The van der Waals surface area contributed by atoms with Crippen molar-refractivity contribution in [2.45, 2.75) is 26.3 Å². The summed E-state index contributed by atoms with van der Waals surface area (Å²) < 4.78 is 1.88. The van der Waals surface area contributed by atoms with Crippen LogP contribution in [-0.4, -0.2) is 25.8 Å². The third-order valence-electron chi connectivity index (χ3n) is 4.02. The van der Waals surface area contributed by atoms with Crippen LogP contribution in [-0.2, 0) is 17.8 Å². The van der Waals surface area contributed by atoms with E-state index in [-0.39, 0.29) is 6.42 Å². The molecule has 1 aromatic carbocycles. The molecule has 25 heavy (non-hydrogen) atoms. The average Bonchev–Trinajstić information content (AvgIpc) is 3.00. The zero-order valence-corrected chi connectivity index (χ0v) is 14.6. The van der Waals surface area contributed by atoms with Crippen LogP contribution in [0.2, 0.25) is 5.02 Å². The van der Waals surface area contributed by atoms with Gasteiger partial charge in [-0.3, -0.25) is 14.5 Å². The van der Waals surface area contributed by atoms with Gasteiger partial charge in [-0.25, -0.2) is 0 Å². The van der Waals surface area contributed by atoms with Crippen LogP contribution in [0, 0.1) is 0 Å². The SMILES string of the molecule is CCn1nc(-c2ccc(Cl)cc2)c(-c2ccncc2)c1CCC(=O)O. The van der Waals surface area contributed by atoms with Crippen molar-refractivity contribution < 1.29 is 9.90 Å². The Morgan fingerprint density at radius 3 is 2.40 bits per heavy atom. The highest BCUT2D eigenvalue weighted by Gasteiger charge is 2.20. The number of hydrogen-bond acceptors (Lipinski definition) is 3. The zero-order chi connectivity index (χ0) is 17.8. The maximum Gasteiger partial charge on any atom is 0.303 e. The van der Waals surface area contributed by atoms with Crippen molar-refractivity contribution in [2.24, 2.45) is 0 Å². The van der Waals surface area contributed by atoms with Crippen molar-refractivity contribution in [3.63, 3.8) is 0 Å². The predicted molar refractivity (Wildman–Crippen MR) is 97.5 cm³/mol. The molecule has 0 saturated heterocycles. The number of aromatic nitrogens is 3. The number of carboxylic acids is 1. The third-order valence-corrected chi connectivity index (χ3v) is 4.27. The molecule has 6 heteroatoms. The summed E-state index contributed by atoms with van der Waals surface area (Å²) in [5, 5.41) is 14.5. The fraction of sp³-hybridized carbons (Fsp3) is 0.211. The summed E-state index contributed by atoms with van der Waals surface area (Å²) in [6.45, 7) is 2.67. The summed E-state index contributed by atoms with van der Waals surface area (Å²) in [4.78, 5) is 15.2. The van der Waals surface area contributed by atoms with Gasteiger partial charge in [-0.05, 0) is 36.8 Å². The highest BCUT2D eigenvalue weighted by atomic mass is 35.5. The van der Waals surface area contributed by atoms with E-state index in [0.717, 1.165) is 28.1 Å². The van der Waals surface area contributed by atoms with Crippen LogP contribution in [0.1, 0.15) is 19.0 Å². The Bertz CT molecular complexity index is 874. The van der Waals surface area contributed by atoms with Gasteiger partial charge in [0, 0.05) is 47.2 Å². The number of rotatable bonds is 6. The lowest BCUT2D eigenvalue weighted by atomic mass is 9.98. The van der Waals surface area contributed by atoms with Gasteiger partial charge in [0.05, 0.1) is 6.42 Å². The predicted octanol–water partition coefficient (Wildman–Crippen LogP) is 4.30. The highest BCUT2D eigenvalue weighted by molar-refractivity contribution is 6.30. The van der Waals surface area contributed by atoms with Crippen LogP contribution in [0.4, 0.5) is 0 Å². The van der Waals surface area contributed by atoms with E-state index < -0.39 is 5.97 Å². The first-order chi connectivity index (χ1) is 12.1. The van der Waals surface area contributed by atoms with E-state index in [4.69, 9.17) is 21.8 Å². The number of benzene rings is 1. The van der Waals surface area contributed by atoms with Gasteiger partial charge in [-0.15, -0.1) is 0 Å². The van der Waals surface area contributed by atoms with E-state index in [1.807, 2.05) is 48.0 Å². The second kappa shape index (κ2) is 7.49. The number of aryl methyl sites for hydroxylation is 1. The van der Waals surface area contributed by atoms with Crippen LogP contribution in [0.5, 0.6) is 0 Å². The molecule has 0 bridgehead atoms. The second-order valence-electron chi connectivity index (χ2n) is 5.62. The fourth-order valence-electron chi connectivity index (χ4n) is 2.87. The molecule has 3 aromatic rings. The first-order valence-corrected chi connectivity index (χ1v) is 8.45. The minimum Gasteiger partial charge on any atom is -0.481 e. The van der Waals surface area contributed by atoms with E-state index in [2.05, 4.69) is 4.98 Å². The molecule has 0 aliphatic carbocycles. The number of aliphatic carboxylic acids is 1. The molecular formula is C19H18ClN3O2. The van der Waals surface area contributed by atoms with Crippen molar-refractivity contribution in [1.29, 1.82) is 0 Å².